The molecule has 2 aliphatic carbocycles. The number of nitrogens with one attached hydrogen (secondary N) is 1. The van der Waals surface area contributed by atoms with E-state index in [1.165, 1.54) is 37.1 Å². The number of aryl methyl sites for hydroxylation is 2. The molecule has 0 aromatic heterocycles. The molecule has 3 aliphatic rings. The highest BCUT2D eigenvalue weighted by molar-refractivity contribution is 5.54. The number of rotatable bonds is 4. The summed E-state index contributed by atoms with van der Waals surface area (Å²) < 4.78 is 0. The monoisotopic (exact) mass is 280 g/mol. The number of dihydropyridines is 1. The molecule has 0 amide bonds. The summed E-state index contributed by atoms with van der Waals surface area (Å²) in [5.41, 5.74) is 7.41. The summed E-state index contributed by atoms with van der Waals surface area (Å²) in [4.78, 5) is 2.51. The molecule has 1 fully saturated rings. The Morgan fingerprint density at radius 3 is 2.90 bits per heavy atom. The number of fused-ring (bicyclic) bond motifs is 2. The van der Waals surface area contributed by atoms with Gasteiger partial charge in [0.15, 0.2) is 0 Å². The molecular weight excluding hydrogens is 256 g/mol. The van der Waals surface area contributed by atoms with Crippen LogP contribution in [0.2, 0.25) is 0 Å². The highest BCUT2D eigenvalue weighted by Crippen LogP contribution is 2.41. The number of nitrogens with zero attached hydrogens (tertiary/aromatic N) is 1. The Bertz CT molecular complexity index is 624. The second kappa shape index (κ2) is 4.94. The molecule has 1 aromatic carbocycles. The van der Waals surface area contributed by atoms with E-state index in [1.54, 1.807) is 16.7 Å². The summed E-state index contributed by atoms with van der Waals surface area (Å²) in [6.45, 7) is 5.56. The smallest absolute Gasteiger partial charge is 0.0579 e. The molecule has 1 aromatic rings. The van der Waals surface area contributed by atoms with Crippen LogP contribution in [0.4, 0.5) is 5.69 Å². The van der Waals surface area contributed by atoms with Gasteiger partial charge in [0.1, 0.15) is 0 Å². The highest BCUT2D eigenvalue weighted by atomic mass is 15.2. The molecule has 1 saturated carbocycles. The Labute approximate surface area is 127 Å². The summed E-state index contributed by atoms with van der Waals surface area (Å²) in [5.74, 6) is 0.732. The highest BCUT2D eigenvalue weighted by Gasteiger charge is 2.30. The minimum absolute atomic E-state index is 0.511. The molecule has 4 rings (SSSR count). The second-order valence-electron chi connectivity index (χ2n) is 6.89. The van der Waals surface area contributed by atoms with Gasteiger partial charge >= 0.3 is 0 Å². The van der Waals surface area contributed by atoms with Crippen LogP contribution in [0.15, 0.2) is 41.7 Å². The van der Waals surface area contributed by atoms with Crippen LogP contribution in [0.1, 0.15) is 37.8 Å². The number of allylic oxidation sites excluding steroid dienone is 2. The third-order valence-corrected chi connectivity index (χ3v) is 4.99. The van der Waals surface area contributed by atoms with E-state index in [1.807, 2.05) is 0 Å². The molecule has 110 valence electrons. The van der Waals surface area contributed by atoms with Gasteiger partial charge < -0.3 is 10.2 Å². The quantitative estimate of drug-likeness (QED) is 0.903. The Kier molecular flexibility index (Phi) is 3.06. The molecule has 2 nitrogen and oxygen atoms in total. The Morgan fingerprint density at radius 1 is 1.24 bits per heavy atom. The molecule has 1 N–H and O–H groups in total. The van der Waals surface area contributed by atoms with Gasteiger partial charge in [-0.15, -0.1) is 0 Å². The van der Waals surface area contributed by atoms with Gasteiger partial charge in [0.05, 0.1) is 6.54 Å². The molecule has 1 atom stereocenters. The lowest BCUT2D eigenvalue weighted by molar-refractivity contribution is 0.694. The predicted octanol–water partition coefficient (Wildman–Crippen LogP) is 3.78. The Hall–Kier alpha value is -1.70. The number of benzene rings is 1. The molecule has 0 saturated heterocycles. The van der Waals surface area contributed by atoms with Gasteiger partial charge in [0, 0.05) is 29.5 Å². The lowest BCUT2D eigenvalue weighted by Crippen LogP contribution is -2.35. The largest absolute Gasteiger partial charge is 0.364 e. The topological polar surface area (TPSA) is 15.3 Å². The molecule has 1 unspecified atom stereocenters. The van der Waals surface area contributed by atoms with Crippen molar-refractivity contribution in [2.45, 2.75) is 45.6 Å². The standard InChI is InChI=1S/C19H24N2/c1-13(2)21(12-18-9-16-8-17(16)11-20-18)19-7-6-14-4-3-5-15(14)10-19/h6-7,9-11,13,16,20H,3-5,8,12H2,1-2H3. The summed E-state index contributed by atoms with van der Waals surface area (Å²) in [6.07, 6.45) is 9.72. The van der Waals surface area contributed by atoms with E-state index in [9.17, 15) is 0 Å². The zero-order valence-corrected chi connectivity index (χ0v) is 13.0. The minimum Gasteiger partial charge on any atom is -0.364 e. The normalized spacial score (nSPS) is 22.1. The summed E-state index contributed by atoms with van der Waals surface area (Å²) >= 11 is 0. The van der Waals surface area contributed by atoms with Crippen LogP contribution >= 0.6 is 0 Å². The van der Waals surface area contributed by atoms with Crippen LogP contribution in [0.25, 0.3) is 0 Å². The molecule has 0 bridgehead atoms. The van der Waals surface area contributed by atoms with E-state index in [4.69, 9.17) is 0 Å². The van der Waals surface area contributed by atoms with Crippen LogP contribution in [-0.4, -0.2) is 12.6 Å². The van der Waals surface area contributed by atoms with Gasteiger partial charge in [-0.1, -0.05) is 12.1 Å². The first-order valence-electron chi connectivity index (χ1n) is 8.25. The van der Waals surface area contributed by atoms with Gasteiger partial charge in [-0.05, 0) is 68.4 Å². The fourth-order valence-electron chi connectivity index (χ4n) is 3.59. The SMILES string of the molecule is CC(C)N(CC1=CC2CC2=CN1)c1ccc2c(c1)CCC2. The second-order valence-corrected chi connectivity index (χ2v) is 6.89. The summed E-state index contributed by atoms with van der Waals surface area (Å²) in [5, 5.41) is 3.48. The maximum atomic E-state index is 3.48. The van der Waals surface area contributed by atoms with E-state index in [-0.39, 0.29) is 0 Å². The first-order chi connectivity index (χ1) is 10.2. The summed E-state index contributed by atoms with van der Waals surface area (Å²) in [6, 6.07) is 7.58. The van der Waals surface area contributed by atoms with Gasteiger partial charge in [-0.25, -0.2) is 0 Å². The lowest BCUT2D eigenvalue weighted by Gasteiger charge is -2.31. The molecule has 1 heterocycles. The maximum Gasteiger partial charge on any atom is 0.0579 e. The van der Waals surface area contributed by atoms with Crippen LogP contribution in [0.3, 0.4) is 0 Å². The predicted molar refractivity (Wildman–Crippen MR) is 88.4 cm³/mol. The van der Waals surface area contributed by atoms with Crippen molar-refractivity contribution in [1.29, 1.82) is 0 Å². The van der Waals surface area contributed by atoms with E-state index < -0.39 is 0 Å². The zero-order chi connectivity index (χ0) is 14.4. The first-order valence-corrected chi connectivity index (χ1v) is 8.25. The Balaban J connectivity index is 1.56. The fourth-order valence-corrected chi connectivity index (χ4v) is 3.59. The van der Waals surface area contributed by atoms with E-state index >= 15 is 0 Å². The van der Waals surface area contributed by atoms with Gasteiger partial charge in [0.2, 0.25) is 0 Å². The number of hydrogen-bond donors (Lipinski definition) is 1. The minimum atomic E-state index is 0.511. The van der Waals surface area contributed by atoms with Crippen molar-refractivity contribution >= 4 is 5.69 Å². The van der Waals surface area contributed by atoms with Gasteiger partial charge in [-0.3, -0.25) is 0 Å². The van der Waals surface area contributed by atoms with Crippen molar-refractivity contribution in [3.05, 3.63) is 52.9 Å². The van der Waals surface area contributed by atoms with E-state index in [0.717, 1.165) is 12.5 Å². The van der Waals surface area contributed by atoms with Crippen molar-refractivity contribution in [1.82, 2.24) is 5.32 Å². The maximum absolute atomic E-state index is 3.48. The first kappa shape index (κ1) is 13.0. The van der Waals surface area contributed by atoms with Gasteiger partial charge in [0.25, 0.3) is 0 Å². The van der Waals surface area contributed by atoms with Crippen molar-refractivity contribution in [3.8, 4) is 0 Å². The van der Waals surface area contributed by atoms with Crippen LogP contribution in [0, 0.1) is 5.92 Å². The average Bonchev–Trinajstić information content (AvgIpc) is 3.10. The van der Waals surface area contributed by atoms with Gasteiger partial charge in [-0.2, -0.15) is 0 Å². The van der Waals surface area contributed by atoms with Crippen molar-refractivity contribution < 1.29 is 0 Å². The van der Waals surface area contributed by atoms with Crippen molar-refractivity contribution in [3.63, 3.8) is 0 Å². The van der Waals surface area contributed by atoms with E-state index in [0.29, 0.717) is 6.04 Å². The molecule has 2 heteroatoms. The number of hydrogen-bond acceptors (Lipinski definition) is 2. The average molecular weight is 280 g/mol. The van der Waals surface area contributed by atoms with Crippen molar-refractivity contribution in [2.75, 3.05) is 11.4 Å². The van der Waals surface area contributed by atoms with E-state index in [2.05, 4.69) is 54.5 Å². The van der Waals surface area contributed by atoms with Crippen molar-refractivity contribution in [2.24, 2.45) is 5.92 Å². The molecule has 0 spiro atoms. The third-order valence-electron chi connectivity index (χ3n) is 4.99. The lowest BCUT2D eigenvalue weighted by atomic mass is 10.1. The Morgan fingerprint density at radius 2 is 2.10 bits per heavy atom. The van der Waals surface area contributed by atoms with Crippen LogP contribution in [-0.2, 0) is 12.8 Å². The number of anilines is 1. The fraction of sp³-hybridized carbons (Fsp3) is 0.474. The van der Waals surface area contributed by atoms with Crippen LogP contribution in [0.5, 0.6) is 0 Å². The molecular formula is C19H24N2. The third kappa shape index (κ3) is 2.48. The molecule has 1 aliphatic heterocycles. The molecule has 21 heavy (non-hydrogen) atoms. The zero-order valence-electron chi connectivity index (χ0n) is 13.0. The molecule has 0 radical (unpaired) electrons. The summed E-state index contributed by atoms with van der Waals surface area (Å²) in [7, 11) is 0. The van der Waals surface area contributed by atoms with Crippen LogP contribution < -0.4 is 10.2 Å².